The van der Waals surface area contributed by atoms with Gasteiger partial charge in [0, 0.05) is 26.0 Å². The molecule has 0 radical (unpaired) electrons. The Labute approximate surface area is 117 Å². The van der Waals surface area contributed by atoms with Crippen molar-refractivity contribution in [2.24, 2.45) is 11.8 Å². The van der Waals surface area contributed by atoms with Crippen LogP contribution < -0.4 is 10.6 Å². The number of aromatic nitrogens is 2. The van der Waals surface area contributed by atoms with Gasteiger partial charge in [0.05, 0.1) is 5.56 Å². The quantitative estimate of drug-likeness (QED) is 0.931. The minimum Gasteiger partial charge on any atom is -0.382 e. The Morgan fingerprint density at radius 3 is 2.74 bits per heavy atom. The first kappa shape index (κ1) is 12.4. The molecule has 3 rings (SSSR count). The number of hydrogen-bond acceptors (Lipinski definition) is 5. The summed E-state index contributed by atoms with van der Waals surface area (Å²) in [6, 6.07) is 3.97. The van der Waals surface area contributed by atoms with E-state index < -0.39 is 0 Å². The lowest BCUT2D eigenvalue weighted by atomic mass is 10.1. The zero-order chi connectivity index (χ0) is 13.4. The molecule has 4 nitrogen and oxygen atoms in total. The molecule has 0 bridgehead atoms. The van der Waals surface area contributed by atoms with Crippen LogP contribution in [-0.4, -0.2) is 22.9 Å². The molecule has 19 heavy (non-hydrogen) atoms. The van der Waals surface area contributed by atoms with Gasteiger partial charge in [-0.3, -0.25) is 4.98 Å². The Morgan fingerprint density at radius 1 is 1.42 bits per heavy atom. The van der Waals surface area contributed by atoms with E-state index in [0.717, 1.165) is 34.5 Å². The summed E-state index contributed by atoms with van der Waals surface area (Å²) in [6.45, 7) is 3.39. The SMILES string of the molecule is CC1CC1CN(C)c1snc(N)c1-c1ccncc1. The molecule has 2 aromatic heterocycles. The molecule has 2 unspecified atom stereocenters. The standard InChI is InChI=1S/C14H18N4S/c1-9-7-11(9)8-18(2)14-12(13(15)17-19-14)10-3-5-16-6-4-10/h3-6,9,11H,7-8H2,1-2H3,(H2,15,17). The molecule has 0 aromatic carbocycles. The lowest BCUT2D eigenvalue weighted by molar-refractivity contribution is 0.729. The van der Waals surface area contributed by atoms with Gasteiger partial charge in [-0.25, -0.2) is 0 Å². The van der Waals surface area contributed by atoms with E-state index in [9.17, 15) is 0 Å². The molecule has 0 spiro atoms. The summed E-state index contributed by atoms with van der Waals surface area (Å²) in [6.07, 6.45) is 4.92. The van der Waals surface area contributed by atoms with Crippen LogP contribution in [0.25, 0.3) is 11.1 Å². The Balaban J connectivity index is 1.90. The predicted molar refractivity (Wildman–Crippen MR) is 80.3 cm³/mol. The van der Waals surface area contributed by atoms with E-state index in [1.54, 1.807) is 12.4 Å². The molecular formula is C14H18N4S. The molecule has 0 saturated heterocycles. The first-order valence-corrected chi connectivity index (χ1v) is 7.31. The topological polar surface area (TPSA) is 55.0 Å². The zero-order valence-corrected chi connectivity index (χ0v) is 12.0. The van der Waals surface area contributed by atoms with Gasteiger partial charge in [0.1, 0.15) is 10.8 Å². The maximum absolute atomic E-state index is 6.04. The van der Waals surface area contributed by atoms with Gasteiger partial charge < -0.3 is 10.6 Å². The minimum absolute atomic E-state index is 0.613. The van der Waals surface area contributed by atoms with Gasteiger partial charge in [-0.2, -0.15) is 4.37 Å². The van der Waals surface area contributed by atoms with Crippen molar-refractivity contribution in [3.63, 3.8) is 0 Å². The summed E-state index contributed by atoms with van der Waals surface area (Å²) in [5.74, 6) is 2.29. The normalized spacial score (nSPS) is 21.4. The second-order valence-corrected chi connectivity index (χ2v) is 6.09. The van der Waals surface area contributed by atoms with Crippen molar-refractivity contribution in [1.29, 1.82) is 0 Å². The van der Waals surface area contributed by atoms with Gasteiger partial charge in [-0.15, -0.1) is 0 Å². The van der Waals surface area contributed by atoms with Crippen LogP contribution in [0, 0.1) is 11.8 Å². The number of nitrogens with zero attached hydrogens (tertiary/aromatic N) is 3. The molecule has 1 saturated carbocycles. The van der Waals surface area contributed by atoms with Gasteiger partial charge in [0.2, 0.25) is 0 Å². The Kier molecular flexibility index (Phi) is 3.14. The molecule has 2 N–H and O–H groups in total. The van der Waals surface area contributed by atoms with Crippen LogP contribution in [0.15, 0.2) is 24.5 Å². The molecule has 2 atom stereocenters. The van der Waals surface area contributed by atoms with Crippen molar-refractivity contribution in [2.75, 3.05) is 24.2 Å². The van der Waals surface area contributed by atoms with Crippen LogP contribution in [-0.2, 0) is 0 Å². The summed E-state index contributed by atoms with van der Waals surface area (Å²) < 4.78 is 4.32. The Bertz CT molecular complexity index is 566. The average molecular weight is 274 g/mol. The van der Waals surface area contributed by atoms with E-state index >= 15 is 0 Å². The first-order chi connectivity index (χ1) is 9.16. The lowest BCUT2D eigenvalue weighted by Crippen LogP contribution is -2.20. The third-order valence-corrected chi connectivity index (χ3v) is 4.78. The molecule has 0 aliphatic heterocycles. The molecule has 1 aliphatic rings. The van der Waals surface area contributed by atoms with Crippen LogP contribution in [0.2, 0.25) is 0 Å². The minimum atomic E-state index is 0.613. The fraction of sp³-hybridized carbons (Fsp3) is 0.429. The fourth-order valence-corrected chi connectivity index (χ4v) is 3.24. The highest BCUT2D eigenvalue weighted by atomic mass is 32.1. The molecular weight excluding hydrogens is 256 g/mol. The number of nitrogen functional groups attached to an aromatic ring is 1. The molecule has 1 aliphatic carbocycles. The van der Waals surface area contributed by atoms with Gasteiger partial charge in [0.25, 0.3) is 0 Å². The summed E-state index contributed by atoms with van der Waals surface area (Å²) in [4.78, 5) is 6.35. The maximum atomic E-state index is 6.04. The van der Waals surface area contributed by atoms with Crippen LogP contribution in [0.1, 0.15) is 13.3 Å². The van der Waals surface area contributed by atoms with Gasteiger partial charge in [0.15, 0.2) is 0 Å². The predicted octanol–water partition coefficient (Wildman–Crippen LogP) is 2.88. The zero-order valence-electron chi connectivity index (χ0n) is 11.2. The fourth-order valence-electron chi connectivity index (χ4n) is 2.43. The van der Waals surface area contributed by atoms with Crippen LogP contribution in [0.4, 0.5) is 10.8 Å². The van der Waals surface area contributed by atoms with Crippen molar-refractivity contribution < 1.29 is 0 Å². The van der Waals surface area contributed by atoms with Gasteiger partial charge in [-0.1, -0.05) is 6.92 Å². The number of rotatable bonds is 4. The Hall–Kier alpha value is -1.62. The third kappa shape index (κ3) is 2.42. The van der Waals surface area contributed by atoms with E-state index in [-0.39, 0.29) is 0 Å². The number of anilines is 2. The lowest BCUT2D eigenvalue weighted by Gasteiger charge is -2.18. The molecule has 5 heteroatoms. The number of pyridine rings is 1. The van der Waals surface area contributed by atoms with Crippen molar-refractivity contribution in [2.45, 2.75) is 13.3 Å². The molecule has 2 aromatic rings. The number of hydrogen-bond donors (Lipinski definition) is 1. The number of nitrogens with two attached hydrogens (primary N) is 1. The second-order valence-electron chi connectivity index (χ2n) is 5.34. The smallest absolute Gasteiger partial charge is 0.147 e. The summed E-state index contributed by atoms with van der Waals surface area (Å²) in [7, 11) is 2.13. The second kappa shape index (κ2) is 4.81. The average Bonchev–Trinajstić information content (AvgIpc) is 2.96. The Morgan fingerprint density at radius 2 is 2.11 bits per heavy atom. The van der Waals surface area contributed by atoms with Crippen LogP contribution in [0.5, 0.6) is 0 Å². The summed E-state index contributed by atoms with van der Waals surface area (Å²) in [5, 5.41) is 1.16. The largest absolute Gasteiger partial charge is 0.382 e. The molecule has 2 heterocycles. The van der Waals surface area contributed by atoms with E-state index in [4.69, 9.17) is 5.73 Å². The van der Waals surface area contributed by atoms with E-state index in [1.165, 1.54) is 18.0 Å². The molecule has 100 valence electrons. The van der Waals surface area contributed by atoms with Crippen molar-refractivity contribution in [3.05, 3.63) is 24.5 Å². The summed E-state index contributed by atoms with van der Waals surface area (Å²) in [5.41, 5.74) is 8.17. The van der Waals surface area contributed by atoms with Crippen LogP contribution in [0.3, 0.4) is 0 Å². The molecule has 0 amide bonds. The van der Waals surface area contributed by atoms with Crippen LogP contribution >= 0.6 is 11.5 Å². The van der Waals surface area contributed by atoms with Crippen molar-refractivity contribution in [3.8, 4) is 11.1 Å². The maximum Gasteiger partial charge on any atom is 0.147 e. The molecule has 1 fully saturated rings. The third-order valence-electron chi connectivity index (χ3n) is 3.80. The summed E-state index contributed by atoms with van der Waals surface area (Å²) >= 11 is 1.48. The van der Waals surface area contributed by atoms with Gasteiger partial charge in [-0.05, 0) is 47.5 Å². The van der Waals surface area contributed by atoms with E-state index in [2.05, 4.69) is 28.2 Å². The highest BCUT2D eigenvalue weighted by Gasteiger charge is 2.34. The highest BCUT2D eigenvalue weighted by molar-refractivity contribution is 7.11. The van der Waals surface area contributed by atoms with Crippen molar-refractivity contribution >= 4 is 22.4 Å². The monoisotopic (exact) mass is 274 g/mol. The first-order valence-electron chi connectivity index (χ1n) is 6.53. The highest BCUT2D eigenvalue weighted by Crippen LogP contribution is 2.42. The van der Waals surface area contributed by atoms with Crippen molar-refractivity contribution in [1.82, 2.24) is 9.36 Å². The van der Waals surface area contributed by atoms with E-state index in [0.29, 0.717) is 5.82 Å². The van der Waals surface area contributed by atoms with E-state index in [1.807, 2.05) is 12.1 Å². The van der Waals surface area contributed by atoms with Gasteiger partial charge >= 0.3 is 0 Å².